The number of nitrogens with zero attached hydrogens (tertiary/aromatic N) is 2. The highest BCUT2D eigenvalue weighted by atomic mass is 32.2. The van der Waals surface area contributed by atoms with E-state index < -0.39 is 12.0 Å². The van der Waals surface area contributed by atoms with Crippen molar-refractivity contribution in [2.24, 2.45) is 13.0 Å². The van der Waals surface area contributed by atoms with Crippen molar-refractivity contribution in [2.75, 3.05) is 12.9 Å². The topological polar surface area (TPSA) is 90.3 Å². The average molecular weight is 424 g/mol. The summed E-state index contributed by atoms with van der Waals surface area (Å²) in [5.74, 6) is -0.703. The number of fused-ring (bicyclic) bond motifs is 3. The maximum Gasteiger partial charge on any atom is 0.328 e. The lowest BCUT2D eigenvalue weighted by molar-refractivity contribution is -0.146. The predicted octanol–water partition coefficient (Wildman–Crippen LogP) is 2.28. The van der Waals surface area contributed by atoms with E-state index in [2.05, 4.69) is 10.3 Å². The first-order valence-electron chi connectivity index (χ1n) is 9.38. The molecule has 152 valence electrons. The summed E-state index contributed by atoms with van der Waals surface area (Å²) in [5, 5.41) is 3.98. The molecule has 1 N–H and O–H groups in total. The average Bonchev–Trinajstić information content (AvgIpc) is 3.27. The number of methoxy groups -OCH3 is 1. The predicted molar refractivity (Wildman–Crippen MR) is 111 cm³/mol. The van der Waals surface area contributed by atoms with Crippen LogP contribution in [-0.2, 0) is 34.2 Å². The van der Waals surface area contributed by atoms with E-state index in [-0.39, 0.29) is 23.1 Å². The zero-order valence-corrected chi connectivity index (χ0v) is 18.2. The minimum Gasteiger partial charge on any atom is -0.467 e. The first kappa shape index (κ1) is 20.9. The van der Waals surface area contributed by atoms with E-state index >= 15 is 0 Å². The second-order valence-corrected chi connectivity index (χ2v) is 9.06. The number of hydrogen-bond donors (Lipinski definition) is 1. The zero-order valence-electron chi connectivity index (χ0n) is 16.5. The Morgan fingerprint density at radius 2 is 2.14 bits per heavy atom. The first-order valence-corrected chi connectivity index (χ1v) is 11.2. The third-order valence-electron chi connectivity index (χ3n) is 5.22. The van der Waals surface area contributed by atoms with Gasteiger partial charge in [0.15, 0.2) is 5.16 Å². The molecule has 1 aliphatic rings. The van der Waals surface area contributed by atoms with Crippen LogP contribution in [0, 0.1) is 5.92 Å². The van der Waals surface area contributed by atoms with E-state index in [9.17, 15) is 14.4 Å². The third-order valence-corrected chi connectivity index (χ3v) is 7.44. The number of ether oxygens (including phenoxy) is 1. The lowest BCUT2D eigenvalue weighted by Crippen LogP contribution is -2.46. The highest BCUT2D eigenvalue weighted by Gasteiger charge is 2.27. The molecule has 9 heteroatoms. The van der Waals surface area contributed by atoms with Crippen LogP contribution in [0.25, 0.3) is 10.2 Å². The molecule has 0 aliphatic heterocycles. The highest BCUT2D eigenvalue weighted by Crippen LogP contribution is 2.35. The monoisotopic (exact) mass is 423 g/mol. The zero-order chi connectivity index (χ0) is 20.4. The summed E-state index contributed by atoms with van der Waals surface area (Å²) in [6.45, 7) is 3.85. The van der Waals surface area contributed by atoms with Gasteiger partial charge in [-0.15, -0.1) is 11.3 Å². The molecule has 2 aromatic rings. The van der Waals surface area contributed by atoms with Crippen molar-refractivity contribution in [3.8, 4) is 0 Å². The Hall–Kier alpha value is -1.87. The van der Waals surface area contributed by atoms with Gasteiger partial charge in [0.1, 0.15) is 10.9 Å². The molecule has 0 radical (unpaired) electrons. The van der Waals surface area contributed by atoms with Gasteiger partial charge in [-0.05, 0) is 30.7 Å². The summed E-state index contributed by atoms with van der Waals surface area (Å²) in [4.78, 5) is 43.8. The number of esters is 1. The highest BCUT2D eigenvalue weighted by molar-refractivity contribution is 7.99. The molecule has 1 amide bonds. The minimum absolute atomic E-state index is 0.0336. The summed E-state index contributed by atoms with van der Waals surface area (Å²) < 4.78 is 6.31. The van der Waals surface area contributed by atoms with Crippen LogP contribution >= 0.6 is 23.1 Å². The van der Waals surface area contributed by atoms with Crippen LogP contribution in [-0.4, -0.2) is 40.3 Å². The van der Waals surface area contributed by atoms with Crippen LogP contribution in [0.1, 0.15) is 37.1 Å². The molecule has 0 aromatic carbocycles. The number of carbonyl (C=O) groups is 2. The van der Waals surface area contributed by atoms with Crippen molar-refractivity contribution in [2.45, 2.75) is 50.7 Å². The number of rotatable bonds is 7. The van der Waals surface area contributed by atoms with Crippen LogP contribution < -0.4 is 10.9 Å². The summed E-state index contributed by atoms with van der Waals surface area (Å²) in [5.41, 5.74) is 1.09. The Bertz CT molecular complexity index is 966. The summed E-state index contributed by atoms with van der Waals surface area (Å²) in [7, 11) is 3.00. The molecule has 2 aromatic heterocycles. The van der Waals surface area contributed by atoms with Gasteiger partial charge in [0, 0.05) is 11.9 Å². The second kappa shape index (κ2) is 8.65. The fourth-order valence-electron chi connectivity index (χ4n) is 3.38. The van der Waals surface area contributed by atoms with Crippen LogP contribution in [0.15, 0.2) is 9.95 Å². The molecular formula is C19H25N3O4S2. The van der Waals surface area contributed by atoms with Gasteiger partial charge in [-0.3, -0.25) is 14.2 Å². The lowest BCUT2D eigenvalue weighted by atomic mass is 9.99. The Morgan fingerprint density at radius 1 is 1.39 bits per heavy atom. The van der Waals surface area contributed by atoms with Crippen LogP contribution in [0.5, 0.6) is 0 Å². The van der Waals surface area contributed by atoms with Gasteiger partial charge in [0.2, 0.25) is 5.91 Å². The van der Waals surface area contributed by atoms with Gasteiger partial charge in [-0.25, -0.2) is 9.78 Å². The van der Waals surface area contributed by atoms with E-state index in [1.807, 2.05) is 13.8 Å². The molecule has 0 bridgehead atoms. The van der Waals surface area contributed by atoms with Gasteiger partial charge in [0.05, 0.1) is 18.2 Å². The molecule has 28 heavy (non-hydrogen) atoms. The lowest BCUT2D eigenvalue weighted by Gasteiger charge is -2.21. The van der Waals surface area contributed by atoms with Crippen molar-refractivity contribution in [1.82, 2.24) is 14.9 Å². The van der Waals surface area contributed by atoms with E-state index in [0.29, 0.717) is 5.16 Å². The number of thiophene rings is 1. The Kier molecular flexibility index (Phi) is 6.44. The van der Waals surface area contributed by atoms with Crippen molar-refractivity contribution >= 4 is 45.2 Å². The minimum atomic E-state index is -0.678. The number of nitrogens with one attached hydrogen (secondary N) is 1. The van der Waals surface area contributed by atoms with Crippen molar-refractivity contribution in [3.05, 3.63) is 20.8 Å². The van der Waals surface area contributed by atoms with Gasteiger partial charge >= 0.3 is 5.97 Å². The summed E-state index contributed by atoms with van der Waals surface area (Å²) in [6.07, 6.45) is 3.78. The first-order chi connectivity index (χ1) is 13.4. The maximum absolute atomic E-state index is 12.8. The molecule has 0 saturated carbocycles. The fourth-order valence-corrected chi connectivity index (χ4v) is 5.46. The van der Waals surface area contributed by atoms with Gasteiger partial charge in [-0.1, -0.05) is 32.0 Å². The maximum atomic E-state index is 12.8. The Labute approximate surface area is 171 Å². The molecule has 7 nitrogen and oxygen atoms in total. The van der Waals surface area contributed by atoms with Gasteiger partial charge in [0.25, 0.3) is 5.56 Å². The van der Waals surface area contributed by atoms with Crippen LogP contribution in [0.2, 0.25) is 0 Å². The molecule has 2 heterocycles. The quantitative estimate of drug-likeness (QED) is 0.417. The number of amides is 1. The molecule has 2 atom stereocenters. The molecule has 0 fully saturated rings. The fraction of sp³-hybridized carbons (Fsp3) is 0.579. The molecule has 0 saturated heterocycles. The second-order valence-electron chi connectivity index (χ2n) is 7.04. The number of carbonyl (C=O) groups excluding carboxylic acids is 2. The van der Waals surface area contributed by atoms with Gasteiger partial charge in [-0.2, -0.15) is 0 Å². The summed E-state index contributed by atoms with van der Waals surface area (Å²) in [6, 6.07) is -0.678. The Morgan fingerprint density at radius 3 is 2.82 bits per heavy atom. The standard InChI is InChI=1S/C19H25N3O4S2/c1-5-10(2)15(18(25)26-4)20-13(23)9-27-19-21-16-14(17(24)22(19)3)11-7-6-8-12(11)28-16/h10,15H,5-9H2,1-4H3,(H,20,23)/t10-,15+/m1/s1. The SMILES string of the molecule is CC[C@@H](C)[C@H](NC(=O)CSc1nc2sc3c(c2c(=O)n1C)CCC3)C(=O)OC. The third kappa shape index (κ3) is 3.96. The van der Waals surface area contributed by atoms with E-state index in [4.69, 9.17) is 4.74 Å². The molecule has 0 spiro atoms. The number of aromatic nitrogens is 2. The van der Waals surface area contributed by atoms with E-state index in [1.54, 1.807) is 18.4 Å². The Balaban J connectivity index is 1.74. The molecule has 0 unspecified atom stereocenters. The van der Waals surface area contributed by atoms with E-state index in [1.165, 1.54) is 28.3 Å². The van der Waals surface area contributed by atoms with Crippen molar-refractivity contribution < 1.29 is 14.3 Å². The molecule has 3 rings (SSSR count). The number of thioether (sulfide) groups is 1. The number of aryl methyl sites for hydroxylation is 2. The molecule has 1 aliphatic carbocycles. The molecular weight excluding hydrogens is 398 g/mol. The van der Waals surface area contributed by atoms with E-state index in [0.717, 1.165) is 41.5 Å². The largest absolute Gasteiger partial charge is 0.467 e. The smallest absolute Gasteiger partial charge is 0.328 e. The van der Waals surface area contributed by atoms with Crippen LogP contribution in [0.3, 0.4) is 0 Å². The van der Waals surface area contributed by atoms with Crippen molar-refractivity contribution in [1.29, 1.82) is 0 Å². The van der Waals surface area contributed by atoms with Gasteiger partial charge < -0.3 is 10.1 Å². The summed E-state index contributed by atoms with van der Waals surface area (Å²) >= 11 is 2.78. The number of hydrogen-bond acceptors (Lipinski definition) is 7. The normalized spacial score (nSPS) is 15.3. The van der Waals surface area contributed by atoms with Crippen molar-refractivity contribution in [3.63, 3.8) is 0 Å². The van der Waals surface area contributed by atoms with Crippen LogP contribution in [0.4, 0.5) is 0 Å².